The summed E-state index contributed by atoms with van der Waals surface area (Å²) in [6.45, 7) is 7.25. The third-order valence-electron chi connectivity index (χ3n) is 3.73. The Morgan fingerprint density at radius 2 is 1.67 bits per heavy atom. The van der Waals surface area contributed by atoms with Gasteiger partial charge in [-0.1, -0.05) is 29.3 Å². The average Bonchev–Trinajstić information content (AvgIpc) is 2.63. The molecule has 1 fully saturated rings. The van der Waals surface area contributed by atoms with Crippen LogP contribution < -0.4 is 4.74 Å². The molecule has 0 radical (unpaired) electrons. The summed E-state index contributed by atoms with van der Waals surface area (Å²) in [5.74, 6) is -3.04. The number of carboxylic acids is 2. The Bertz CT molecular complexity index is 597. The first-order chi connectivity index (χ1) is 12.8. The third-order valence-corrected chi connectivity index (χ3v) is 4.53. The minimum Gasteiger partial charge on any atom is -0.490 e. The highest BCUT2D eigenvalue weighted by Crippen LogP contribution is 2.31. The number of benzene rings is 1. The largest absolute Gasteiger partial charge is 0.490 e. The summed E-state index contributed by atoms with van der Waals surface area (Å²) in [6, 6.07) is 5.36. The van der Waals surface area contributed by atoms with Crippen LogP contribution in [-0.2, 0) is 14.3 Å². The lowest BCUT2D eigenvalue weighted by molar-refractivity contribution is -0.159. The lowest BCUT2D eigenvalue weighted by atomic mass is 10.3. The van der Waals surface area contributed by atoms with E-state index in [0.29, 0.717) is 29.0 Å². The molecule has 0 bridgehead atoms. The van der Waals surface area contributed by atoms with Crippen molar-refractivity contribution in [1.29, 1.82) is 0 Å². The fourth-order valence-electron chi connectivity index (χ4n) is 2.17. The predicted molar refractivity (Wildman–Crippen MR) is 102 cm³/mol. The summed E-state index contributed by atoms with van der Waals surface area (Å²) in [6.07, 6.45) is 0. The number of aliphatic carboxylic acids is 2. The zero-order valence-corrected chi connectivity index (χ0v) is 16.6. The van der Waals surface area contributed by atoms with Crippen LogP contribution in [0.4, 0.5) is 0 Å². The van der Waals surface area contributed by atoms with Crippen LogP contribution in [0.15, 0.2) is 18.2 Å². The van der Waals surface area contributed by atoms with E-state index in [-0.39, 0.29) is 0 Å². The molecule has 1 heterocycles. The molecule has 27 heavy (non-hydrogen) atoms. The van der Waals surface area contributed by atoms with Gasteiger partial charge in [-0.25, -0.2) is 9.59 Å². The highest BCUT2D eigenvalue weighted by Gasteiger charge is 2.12. The normalized spacial score (nSPS) is 14.9. The van der Waals surface area contributed by atoms with Gasteiger partial charge >= 0.3 is 11.9 Å². The molecule has 0 amide bonds. The van der Waals surface area contributed by atoms with Gasteiger partial charge in [0.25, 0.3) is 0 Å². The highest BCUT2D eigenvalue weighted by molar-refractivity contribution is 6.42. The van der Waals surface area contributed by atoms with Gasteiger partial charge in [0.05, 0.1) is 18.2 Å². The number of carboxylic acid groups (broad SMARTS) is 2. The SMILES string of the molecule is CN1CCN(CCOCCOc2cccc(Cl)c2Cl)CC1.O=C(O)C(=O)O. The topological polar surface area (TPSA) is 99.5 Å². The Morgan fingerprint density at radius 3 is 2.26 bits per heavy atom. The first-order valence-corrected chi connectivity index (χ1v) is 9.08. The molecule has 0 aliphatic carbocycles. The Hall–Kier alpha value is -1.58. The molecule has 1 aliphatic rings. The van der Waals surface area contributed by atoms with Gasteiger partial charge in [-0.3, -0.25) is 4.90 Å². The van der Waals surface area contributed by atoms with E-state index in [1.54, 1.807) is 12.1 Å². The summed E-state index contributed by atoms with van der Waals surface area (Å²) in [4.78, 5) is 23.0. The molecule has 152 valence electrons. The van der Waals surface area contributed by atoms with Crippen LogP contribution >= 0.6 is 23.2 Å². The Kier molecular flexibility index (Phi) is 11.1. The van der Waals surface area contributed by atoms with E-state index in [1.807, 2.05) is 6.07 Å². The first kappa shape index (κ1) is 23.5. The molecule has 1 aliphatic heterocycles. The molecular weight excluding hydrogens is 399 g/mol. The maximum Gasteiger partial charge on any atom is 0.414 e. The van der Waals surface area contributed by atoms with Crippen LogP contribution in [0.25, 0.3) is 0 Å². The van der Waals surface area contributed by atoms with Gasteiger partial charge in [0.1, 0.15) is 17.4 Å². The van der Waals surface area contributed by atoms with Crippen molar-refractivity contribution in [2.24, 2.45) is 0 Å². The highest BCUT2D eigenvalue weighted by atomic mass is 35.5. The predicted octanol–water partition coefficient (Wildman–Crippen LogP) is 1.79. The number of hydrogen-bond acceptors (Lipinski definition) is 6. The molecular formula is C17H24Cl2N2O6. The van der Waals surface area contributed by atoms with Gasteiger partial charge < -0.3 is 24.6 Å². The van der Waals surface area contributed by atoms with E-state index in [2.05, 4.69) is 16.8 Å². The average molecular weight is 423 g/mol. The van der Waals surface area contributed by atoms with E-state index in [4.69, 9.17) is 52.5 Å². The van der Waals surface area contributed by atoms with Gasteiger partial charge in [-0.15, -0.1) is 0 Å². The lowest BCUT2D eigenvalue weighted by Gasteiger charge is -2.32. The molecule has 2 N–H and O–H groups in total. The molecule has 1 saturated heterocycles. The number of nitrogens with zero attached hydrogens (tertiary/aromatic N) is 2. The molecule has 10 heteroatoms. The molecule has 2 rings (SSSR count). The maximum absolute atomic E-state index is 9.10. The van der Waals surface area contributed by atoms with Gasteiger partial charge in [0.2, 0.25) is 0 Å². The summed E-state index contributed by atoms with van der Waals surface area (Å²) in [7, 11) is 2.16. The van der Waals surface area contributed by atoms with Crippen LogP contribution in [0.5, 0.6) is 5.75 Å². The molecule has 0 aromatic heterocycles. The van der Waals surface area contributed by atoms with Crippen molar-refractivity contribution in [2.75, 3.05) is 59.6 Å². The van der Waals surface area contributed by atoms with Crippen molar-refractivity contribution in [2.45, 2.75) is 0 Å². The van der Waals surface area contributed by atoms with Crippen LogP contribution in [0.2, 0.25) is 10.0 Å². The van der Waals surface area contributed by atoms with E-state index in [9.17, 15) is 0 Å². The van der Waals surface area contributed by atoms with E-state index >= 15 is 0 Å². The molecule has 1 aromatic rings. The molecule has 0 unspecified atom stereocenters. The van der Waals surface area contributed by atoms with Crippen molar-refractivity contribution >= 4 is 35.1 Å². The number of piperazine rings is 1. The number of ether oxygens (including phenoxy) is 2. The van der Waals surface area contributed by atoms with Gasteiger partial charge in [-0.05, 0) is 19.2 Å². The number of likely N-dealkylation sites (N-methyl/N-ethyl adjacent to an activating group) is 1. The van der Waals surface area contributed by atoms with Crippen LogP contribution in [0, 0.1) is 0 Å². The molecule has 0 saturated carbocycles. The third kappa shape index (κ3) is 9.78. The molecule has 0 atom stereocenters. The minimum absolute atomic E-state index is 0.455. The Morgan fingerprint density at radius 1 is 1.04 bits per heavy atom. The van der Waals surface area contributed by atoms with Gasteiger partial charge in [0, 0.05) is 32.7 Å². The standard InChI is InChI=1S/C15H22Cl2N2O2.C2H2O4/c1-18-5-7-19(8-6-18)9-10-20-11-12-21-14-4-2-3-13(16)15(14)17;3-1(4)2(5)6/h2-4H,5-12H2,1H3;(H,3,4)(H,5,6). The summed E-state index contributed by atoms with van der Waals surface area (Å²) in [5.41, 5.74) is 0. The van der Waals surface area contributed by atoms with Gasteiger partial charge in [-0.2, -0.15) is 0 Å². The summed E-state index contributed by atoms with van der Waals surface area (Å²) in [5, 5.41) is 15.7. The molecule has 0 spiro atoms. The Balaban J connectivity index is 0.000000527. The minimum atomic E-state index is -1.82. The van der Waals surface area contributed by atoms with Crippen LogP contribution in [0.3, 0.4) is 0 Å². The summed E-state index contributed by atoms with van der Waals surface area (Å²) >= 11 is 12.0. The number of carbonyl (C=O) groups is 2. The van der Waals surface area contributed by atoms with Crippen molar-refractivity contribution in [3.63, 3.8) is 0 Å². The first-order valence-electron chi connectivity index (χ1n) is 8.33. The Labute approximate surface area is 168 Å². The van der Waals surface area contributed by atoms with Gasteiger partial charge in [0.15, 0.2) is 0 Å². The van der Waals surface area contributed by atoms with E-state index < -0.39 is 11.9 Å². The zero-order chi connectivity index (χ0) is 20.2. The molecule has 8 nitrogen and oxygen atoms in total. The number of rotatable bonds is 7. The van der Waals surface area contributed by atoms with E-state index in [0.717, 1.165) is 39.3 Å². The number of hydrogen-bond donors (Lipinski definition) is 2. The maximum atomic E-state index is 9.10. The fourth-order valence-corrected chi connectivity index (χ4v) is 2.52. The fraction of sp³-hybridized carbons (Fsp3) is 0.529. The second-order valence-corrected chi connectivity index (χ2v) is 6.55. The quantitative estimate of drug-likeness (QED) is 0.506. The number of halogens is 2. The van der Waals surface area contributed by atoms with Crippen molar-refractivity contribution in [1.82, 2.24) is 9.80 Å². The smallest absolute Gasteiger partial charge is 0.414 e. The van der Waals surface area contributed by atoms with Crippen molar-refractivity contribution in [3.05, 3.63) is 28.2 Å². The summed E-state index contributed by atoms with van der Waals surface area (Å²) < 4.78 is 11.2. The van der Waals surface area contributed by atoms with Crippen LogP contribution in [0.1, 0.15) is 0 Å². The second kappa shape index (κ2) is 12.7. The van der Waals surface area contributed by atoms with Crippen molar-refractivity contribution in [3.8, 4) is 5.75 Å². The monoisotopic (exact) mass is 422 g/mol. The zero-order valence-electron chi connectivity index (χ0n) is 15.1. The van der Waals surface area contributed by atoms with E-state index in [1.165, 1.54) is 0 Å². The lowest BCUT2D eigenvalue weighted by Crippen LogP contribution is -2.45. The van der Waals surface area contributed by atoms with Crippen LogP contribution in [-0.4, -0.2) is 91.5 Å². The van der Waals surface area contributed by atoms with Crippen molar-refractivity contribution < 1.29 is 29.3 Å². The molecule has 1 aromatic carbocycles. The second-order valence-electron chi connectivity index (χ2n) is 5.77.